The normalized spacial score (nSPS) is 24.9. The molecule has 1 atom stereocenters. The lowest BCUT2D eigenvalue weighted by molar-refractivity contribution is -0.133. The van der Waals surface area contributed by atoms with E-state index in [1.165, 1.54) is 32.1 Å². The molecule has 0 aromatic carbocycles. The quantitative estimate of drug-likeness (QED) is 0.812. The molecule has 20 heavy (non-hydrogen) atoms. The van der Waals surface area contributed by atoms with Gasteiger partial charge >= 0.3 is 0 Å². The predicted octanol–water partition coefficient (Wildman–Crippen LogP) is 2.47. The van der Waals surface area contributed by atoms with Crippen LogP contribution < -0.4 is 5.32 Å². The minimum Gasteiger partial charge on any atom is -0.344 e. The van der Waals surface area contributed by atoms with Gasteiger partial charge in [0.2, 0.25) is 11.8 Å². The fourth-order valence-corrected chi connectivity index (χ4v) is 3.47. The fraction of sp³-hybridized carbons (Fsp3) is 0.875. The van der Waals surface area contributed by atoms with Crippen LogP contribution in [0.25, 0.3) is 0 Å². The monoisotopic (exact) mass is 280 g/mol. The Kier molecular flexibility index (Phi) is 5.86. The smallest absolute Gasteiger partial charge is 0.245 e. The van der Waals surface area contributed by atoms with Gasteiger partial charge in [-0.1, -0.05) is 39.0 Å². The van der Waals surface area contributed by atoms with Crippen LogP contribution in [0.1, 0.15) is 64.7 Å². The summed E-state index contributed by atoms with van der Waals surface area (Å²) >= 11 is 0. The molecule has 2 aliphatic rings. The van der Waals surface area contributed by atoms with Crippen LogP contribution in [-0.2, 0) is 9.59 Å². The first kappa shape index (κ1) is 15.3. The molecule has 2 amide bonds. The summed E-state index contributed by atoms with van der Waals surface area (Å²) in [6.45, 7) is 3.47. The third-order valence-electron chi connectivity index (χ3n) is 4.65. The van der Waals surface area contributed by atoms with E-state index in [1.54, 1.807) is 0 Å². The van der Waals surface area contributed by atoms with Gasteiger partial charge in [-0.2, -0.15) is 0 Å². The fourth-order valence-electron chi connectivity index (χ4n) is 3.47. The zero-order chi connectivity index (χ0) is 14.4. The molecule has 0 spiro atoms. The number of carbonyl (C=O) groups excluding carboxylic acids is 2. The lowest BCUT2D eigenvalue weighted by atomic mass is 10.0. The molecular formula is C16H28N2O2. The summed E-state index contributed by atoms with van der Waals surface area (Å²) in [5.74, 6) is 1.03. The van der Waals surface area contributed by atoms with Crippen molar-refractivity contribution < 1.29 is 9.59 Å². The summed E-state index contributed by atoms with van der Waals surface area (Å²) in [7, 11) is 0. The summed E-state index contributed by atoms with van der Waals surface area (Å²) < 4.78 is 0. The molecule has 4 nitrogen and oxygen atoms in total. The van der Waals surface area contributed by atoms with E-state index in [0.717, 1.165) is 31.7 Å². The molecule has 1 unspecified atom stereocenters. The first-order chi connectivity index (χ1) is 9.70. The van der Waals surface area contributed by atoms with E-state index < -0.39 is 0 Å². The molecule has 1 N–H and O–H groups in total. The van der Waals surface area contributed by atoms with Crippen molar-refractivity contribution in [1.29, 1.82) is 0 Å². The zero-order valence-electron chi connectivity index (χ0n) is 12.7. The van der Waals surface area contributed by atoms with E-state index >= 15 is 0 Å². The lowest BCUT2D eigenvalue weighted by Gasteiger charge is -2.24. The van der Waals surface area contributed by atoms with Crippen molar-refractivity contribution in [3.8, 4) is 0 Å². The Labute approximate surface area is 122 Å². The topological polar surface area (TPSA) is 49.4 Å². The van der Waals surface area contributed by atoms with Gasteiger partial charge in [-0.3, -0.25) is 9.59 Å². The first-order valence-electron chi connectivity index (χ1n) is 8.29. The number of amides is 2. The molecule has 1 saturated carbocycles. The average Bonchev–Trinajstić information content (AvgIpc) is 2.90. The summed E-state index contributed by atoms with van der Waals surface area (Å²) in [6.07, 6.45) is 9.95. The summed E-state index contributed by atoms with van der Waals surface area (Å²) in [4.78, 5) is 26.0. The molecule has 2 fully saturated rings. The second-order valence-electron chi connectivity index (χ2n) is 6.28. The number of nitrogens with one attached hydrogen (secondary N) is 1. The van der Waals surface area contributed by atoms with Crippen LogP contribution in [0.2, 0.25) is 0 Å². The predicted molar refractivity (Wildman–Crippen MR) is 79.2 cm³/mol. The van der Waals surface area contributed by atoms with E-state index in [1.807, 2.05) is 4.90 Å². The Morgan fingerprint density at radius 3 is 2.65 bits per heavy atom. The maximum absolute atomic E-state index is 12.4. The second-order valence-corrected chi connectivity index (χ2v) is 6.28. The number of rotatable bonds is 6. The molecule has 1 aliphatic heterocycles. The van der Waals surface area contributed by atoms with Crippen LogP contribution in [0.15, 0.2) is 0 Å². The van der Waals surface area contributed by atoms with Gasteiger partial charge in [0, 0.05) is 19.5 Å². The van der Waals surface area contributed by atoms with Crippen molar-refractivity contribution in [3.05, 3.63) is 0 Å². The van der Waals surface area contributed by atoms with E-state index in [0.29, 0.717) is 13.0 Å². The van der Waals surface area contributed by atoms with Crippen molar-refractivity contribution in [2.75, 3.05) is 13.1 Å². The molecule has 0 aromatic rings. The summed E-state index contributed by atoms with van der Waals surface area (Å²) in [5.41, 5.74) is 0. The maximum Gasteiger partial charge on any atom is 0.245 e. The van der Waals surface area contributed by atoms with E-state index in [-0.39, 0.29) is 17.9 Å². The summed E-state index contributed by atoms with van der Waals surface area (Å²) in [6, 6.07) is -0.290. The van der Waals surface area contributed by atoms with Crippen LogP contribution in [-0.4, -0.2) is 35.8 Å². The molecule has 1 heterocycles. The third-order valence-corrected chi connectivity index (χ3v) is 4.65. The van der Waals surface area contributed by atoms with Gasteiger partial charge in [-0.05, 0) is 25.2 Å². The average molecular weight is 280 g/mol. The van der Waals surface area contributed by atoms with Crippen molar-refractivity contribution in [2.24, 2.45) is 5.92 Å². The molecule has 1 saturated heterocycles. The zero-order valence-corrected chi connectivity index (χ0v) is 12.7. The Hall–Kier alpha value is -1.06. The largest absolute Gasteiger partial charge is 0.344 e. The summed E-state index contributed by atoms with van der Waals surface area (Å²) in [5, 5.41) is 2.86. The number of carbonyl (C=O) groups is 2. The van der Waals surface area contributed by atoms with Gasteiger partial charge in [0.15, 0.2) is 0 Å². The SMILES string of the molecule is CCCC1NC(=O)CCN(CCCC2CCCC2)C1=O. The van der Waals surface area contributed by atoms with E-state index in [2.05, 4.69) is 12.2 Å². The van der Waals surface area contributed by atoms with Gasteiger partial charge in [-0.25, -0.2) is 0 Å². The van der Waals surface area contributed by atoms with Crippen molar-refractivity contribution >= 4 is 11.8 Å². The molecule has 1 aliphatic carbocycles. The Morgan fingerprint density at radius 1 is 1.20 bits per heavy atom. The van der Waals surface area contributed by atoms with Gasteiger partial charge in [-0.15, -0.1) is 0 Å². The first-order valence-corrected chi connectivity index (χ1v) is 8.29. The number of nitrogens with zero attached hydrogens (tertiary/aromatic N) is 1. The minimum absolute atomic E-state index is 0.0232. The molecule has 2 rings (SSSR count). The van der Waals surface area contributed by atoms with Crippen molar-refractivity contribution in [1.82, 2.24) is 10.2 Å². The Balaban J connectivity index is 1.81. The van der Waals surface area contributed by atoms with Crippen LogP contribution in [0.3, 0.4) is 0 Å². The molecular weight excluding hydrogens is 252 g/mol. The molecule has 4 heteroatoms. The Morgan fingerprint density at radius 2 is 1.95 bits per heavy atom. The molecule has 0 aromatic heterocycles. The van der Waals surface area contributed by atoms with Gasteiger partial charge in [0.05, 0.1) is 0 Å². The molecule has 114 valence electrons. The van der Waals surface area contributed by atoms with Crippen molar-refractivity contribution in [3.63, 3.8) is 0 Å². The Bertz CT molecular complexity index is 337. The van der Waals surface area contributed by atoms with Gasteiger partial charge in [0.25, 0.3) is 0 Å². The highest BCUT2D eigenvalue weighted by molar-refractivity contribution is 5.89. The number of hydrogen-bond acceptors (Lipinski definition) is 2. The van der Waals surface area contributed by atoms with E-state index in [4.69, 9.17) is 0 Å². The van der Waals surface area contributed by atoms with E-state index in [9.17, 15) is 9.59 Å². The van der Waals surface area contributed by atoms with Crippen molar-refractivity contribution in [2.45, 2.75) is 70.8 Å². The maximum atomic E-state index is 12.4. The van der Waals surface area contributed by atoms with Crippen LogP contribution in [0, 0.1) is 5.92 Å². The van der Waals surface area contributed by atoms with Crippen LogP contribution >= 0.6 is 0 Å². The molecule has 0 bridgehead atoms. The van der Waals surface area contributed by atoms with Crippen LogP contribution in [0.5, 0.6) is 0 Å². The lowest BCUT2D eigenvalue weighted by Crippen LogP contribution is -2.44. The van der Waals surface area contributed by atoms with Gasteiger partial charge < -0.3 is 10.2 Å². The van der Waals surface area contributed by atoms with Gasteiger partial charge in [0.1, 0.15) is 6.04 Å². The van der Waals surface area contributed by atoms with Crippen LogP contribution in [0.4, 0.5) is 0 Å². The third kappa shape index (κ3) is 4.22. The highest BCUT2D eigenvalue weighted by Gasteiger charge is 2.28. The minimum atomic E-state index is -0.290. The highest BCUT2D eigenvalue weighted by atomic mass is 16.2. The molecule has 0 radical (unpaired) electrons. The standard InChI is InChI=1S/C16H28N2O2/c1-2-6-14-16(20)18(12-10-15(19)17-14)11-5-9-13-7-3-4-8-13/h13-14H,2-12H2,1H3,(H,17,19). The highest BCUT2D eigenvalue weighted by Crippen LogP contribution is 2.28. The second kappa shape index (κ2) is 7.65. The number of hydrogen-bond donors (Lipinski definition) is 1.